The van der Waals surface area contributed by atoms with E-state index in [1.165, 1.54) is 12.1 Å². The van der Waals surface area contributed by atoms with Gasteiger partial charge in [-0.1, -0.05) is 18.2 Å². The number of rotatable bonds is 5. The summed E-state index contributed by atoms with van der Waals surface area (Å²) in [6, 6.07) is 11.7. The molecular formula is C16H18FNO2. The molecule has 0 bridgehead atoms. The van der Waals surface area contributed by atoms with Crippen LogP contribution in [0.25, 0.3) is 0 Å². The van der Waals surface area contributed by atoms with Gasteiger partial charge in [0, 0.05) is 24.2 Å². The number of phenolic OH excluding ortho intramolecular Hbond substituents is 1. The zero-order valence-electron chi connectivity index (χ0n) is 11.6. The molecule has 1 atom stereocenters. The molecule has 2 aromatic carbocycles. The zero-order valence-corrected chi connectivity index (χ0v) is 11.6. The topological polar surface area (TPSA) is 41.5 Å². The van der Waals surface area contributed by atoms with Crippen molar-refractivity contribution in [3.8, 4) is 11.5 Å². The van der Waals surface area contributed by atoms with Crippen LogP contribution in [-0.2, 0) is 6.54 Å². The van der Waals surface area contributed by atoms with E-state index in [1.54, 1.807) is 31.4 Å². The summed E-state index contributed by atoms with van der Waals surface area (Å²) in [5.41, 5.74) is 1.65. The Hall–Kier alpha value is -2.07. The third-order valence-electron chi connectivity index (χ3n) is 3.24. The third kappa shape index (κ3) is 3.48. The Morgan fingerprint density at radius 1 is 1.25 bits per heavy atom. The van der Waals surface area contributed by atoms with E-state index in [0.29, 0.717) is 12.3 Å². The van der Waals surface area contributed by atoms with Crippen molar-refractivity contribution in [1.82, 2.24) is 5.32 Å². The van der Waals surface area contributed by atoms with Gasteiger partial charge in [0.05, 0.1) is 7.11 Å². The summed E-state index contributed by atoms with van der Waals surface area (Å²) >= 11 is 0. The van der Waals surface area contributed by atoms with Crippen LogP contribution in [-0.4, -0.2) is 12.2 Å². The Labute approximate surface area is 118 Å². The van der Waals surface area contributed by atoms with Gasteiger partial charge in [-0.3, -0.25) is 0 Å². The predicted octanol–water partition coefficient (Wildman–Crippen LogP) is 3.39. The lowest BCUT2D eigenvalue weighted by Gasteiger charge is -2.15. The van der Waals surface area contributed by atoms with E-state index in [2.05, 4.69) is 5.32 Å². The molecule has 0 saturated carbocycles. The van der Waals surface area contributed by atoms with E-state index < -0.39 is 0 Å². The molecule has 2 N–H and O–H groups in total. The summed E-state index contributed by atoms with van der Waals surface area (Å²) in [6.45, 7) is 2.45. The molecule has 0 heterocycles. The fraction of sp³-hybridized carbons (Fsp3) is 0.250. The van der Waals surface area contributed by atoms with Crippen LogP contribution in [0.1, 0.15) is 24.1 Å². The first-order valence-corrected chi connectivity index (χ1v) is 6.45. The Bertz CT molecular complexity index is 586. The van der Waals surface area contributed by atoms with Gasteiger partial charge in [0.15, 0.2) is 0 Å². The van der Waals surface area contributed by atoms with E-state index in [4.69, 9.17) is 4.74 Å². The van der Waals surface area contributed by atoms with Crippen molar-refractivity contribution >= 4 is 0 Å². The van der Waals surface area contributed by atoms with Gasteiger partial charge in [-0.2, -0.15) is 0 Å². The highest BCUT2D eigenvalue weighted by atomic mass is 19.1. The highest BCUT2D eigenvalue weighted by Crippen LogP contribution is 2.24. The van der Waals surface area contributed by atoms with Crippen molar-refractivity contribution in [1.29, 1.82) is 0 Å². The minimum Gasteiger partial charge on any atom is -0.507 e. The van der Waals surface area contributed by atoms with Crippen molar-refractivity contribution in [3.05, 3.63) is 59.4 Å². The number of nitrogens with one attached hydrogen (secondary N) is 1. The maximum absolute atomic E-state index is 13.2. The Morgan fingerprint density at radius 3 is 2.70 bits per heavy atom. The first-order chi connectivity index (χ1) is 9.60. The average molecular weight is 275 g/mol. The number of halogens is 1. The van der Waals surface area contributed by atoms with Crippen molar-refractivity contribution in [2.75, 3.05) is 7.11 Å². The van der Waals surface area contributed by atoms with Gasteiger partial charge in [-0.15, -0.1) is 0 Å². The summed E-state index contributed by atoms with van der Waals surface area (Å²) in [4.78, 5) is 0. The van der Waals surface area contributed by atoms with Crippen molar-refractivity contribution in [2.45, 2.75) is 19.5 Å². The van der Waals surface area contributed by atoms with E-state index in [0.717, 1.165) is 11.1 Å². The standard InChI is InChI=1S/C16H18FNO2/c1-11(12-4-3-5-14(17)8-12)18-10-13-6-7-15(20-2)9-16(13)19/h3-9,11,18-19H,10H2,1-2H3/t11-/m0/s1. The van der Waals surface area contributed by atoms with Gasteiger partial charge < -0.3 is 15.2 Å². The number of aromatic hydroxyl groups is 1. The summed E-state index contributed by atoms with van der Waals surface area (Å²) in [5.74, 6) is 0.552. The van der Waals surface area contributed by atoms with Crippen LogP contribution in [0.3, 0.4) is 0 Å². The lowest BCUT2D eigenvalue weighted by Crippen LogP contribution is -2.18. The summed E-state index contributed by atoms with van der Waals surface area (Å²) in [5, 5.41) is 13.1. The molecule has 0 aromatic heterocycles. The lowest BCUT2D eigenvalue weighted by atomic mass is 10.1. The molecule has 2 rings (SSSR count). The van der Waals surface area contributed by atoms with Crippen LogP contribution in [0.5, 0.6) is 11.5 Å². The number of benzene rings is 2. The average Bonchev–Trinajstić information content (AvgIpc) is 2.45. The highest BCUT2D eigenvalue weighted by molar-refractivity contribution is 5.39. The number of phenols is 1. The second kappa shape index (κ2) is 6.39. The van der Waals surface area contributed by atoms with E-state index in [-0.39, 0.29) is 17.6 Å². The minimum atomic E-state index is -0.247. The molecule has 0 amide bonds. The number of methoxy groups -OCH3 is 1. The van der Waals surface area contributed by atoms with Crippen LogP contribution < -0.4 is 10.1 Å². The largest absolute Gasteiger partial charge is 0.507 e. The van der Waals surface area contributed by atoms with Crippen LogP contribution >= 0.6 is 0 Å². The van der Waals surface area contributed by atoms with Crippen molar-refractivity contribution in [3.63, 3.8) is 0 Å². The first kappa shape index (κ1) is 14.3. The molecule has 20 heavy (non-hydrogen) atoms. The number of ether oxygens (including phenoxy) is 1. The van der Waals surface area contributed by atoms with Gasteiger partial charge >= 0.3 is 0 Å². The predicted molar refractivity (Wildman–Crippen MR) is 76.3 cm³/mol. The van der Waals surface area contributed by atoms with Crippen molar-refractivity contribution in [2.24, 2.45) is 0 Å². The molecule has 3 nitrogen and oxygen atoms in total. The summed E-state index contributed by atoms with van der Waals surface area (Å²) < 4.78 is 18.2. The van der Waals surface area contributed by atoms with Crippen molar-refractivity contribution < 1.29 is 14.2 Å². The molecule has 0 aliphatic rings. The minimum absolute atomic E-state index is 0.00722. The molecule has 4 heteroatoms. The molecule has 2 aromatic rings. The fourth-order valence-corrected chi connectivity index (χ4v) is 1.98. The van der Waals surface area contributed by atoms with Gasteiger partial charge in [-0.25, -0.2) is 4.39 Å². The molecule has 0 radical (unpaired) electrons. The van der Waals surface area contributed by atoms with Gasteiger partial charge in [0.1, 0.15) is 17.3 Å². The Morgan fingerprint density at radius 2 is 2.05 bits per heavy atom. The molecule has 0 aliphatic heterocycles. The third-order valence-corrected chi connectivity index (χ3v) is 3.24. The lowest BCUT2D eigenvalue weighted by molar-refractivity contribution is 0.405. The van der Waals surface area contributed by atoms with Gasteiger partial charge in [-0.05, 0) is 30.7 Å². The summed E-state index contributed by atoms with van der Waals surface area (Å²) in [7, 11) is 1.55. The Kier molecular flexibility index (Phi) is 4.58. The fourth-order valence-electron chi connectivity index (χ4n) is 1.98. The molecule has 106 valence electrons. The highest BCUT2D eigenvalue weighted by Gasteiger charge is 2.08. The van der Waals surface area contributed by atoms with Gasteiger partial charge in [0.25, 0.3) is 0 Å². The zero-order chi connectivity index (χ0) is 14.5. The van der Waals surface area contributed by atoms with Crippen LogP contribution in [0, 0.1) is 5.82 Å². The maximum atomic E-state index is 13.2. The number of hydrogen-bond acceptors (Lipinski definition) is 3. The maximum Gasteiger partial charge on any atom is 0.123 e. The Balaban J connectivity index is 2.01. The van der Waals surface area contributed by atoms with Gasteiger partial charge in [0.2, 0.25) is 0 Å². The van der Waals surface area contributed by atoms with Crippen LogP contribution in [0.15, 0.2) is 42.5 Å². The molecule has 0 unspecified atom stereocenters. The van der Waals surface area contributed by atoms with E-state index in [1.807, 2.05) is 13.0 Å². The molecular weight excluding hydrogens is 257 g/mol. The molecule has 0 aliphatic carbocycles. The molecule has 0 spiro atoms. The molecule has 0 saturated heterocycles. The second-order valence-corrected chi connectivity index (χ2v) is 4.65. The van der Waals surface area contributed by atoms with E-state index in [9.17, 15) is 9.50 Å². The van der Waals surface area contributed by atoms with Crippen LogP contribution in [0.2, 0.25) is 0 Å². The van der Waals surface area contributed by atoms with E-state index >= 15 is 0 Å². The normalized spacial score (nSPS) is 12.2. The SMILES string of the molecule is COc1ccc(CN[C@@H](C)c2cccc(F)c2)c(O)c1. The monoisotopic (exact) mass is 275 g/mol. The quantitative estimate of drug-likeness (QED) is 0.879. The first-order valence-electron chi connectivity index (χ1n) is 6.45. The smallest absolute Gasteiger partial charge is 0.123 e. The molecule has 0 fully saturated rings. The van der Waals surface area contributed by atoms with Crippen LogP contribution in [0.4, 0.5) is 4.39 Å². The second-order valence-electron chi connectivity index (χ2n) is 4.65. The number of hydrogen-bond donors (Lipinski definition) is 2. The summed E-state index contributed by atoms with van der Waals surface area (Å²) in [6.07, 6.45) is 0.